The van der Waals surface area contributed by atoms with Gasteiger partial charge in [-0.05, 0) is 73.9 Å². The monoisotopic (exact) mass is 410 g/mol. The first-order chi connectivity index (χ1) is 14.1. The number of aliphatic carboxylic acids is 1. The summed E-state index contributed by atoms with van der Waals surface area (Å²) >= 11 is 1.56. The van der Waals surface area contributed by atoms with Gasteiger partial charge in [0, 0.05) is 13.0 Å². The molecule has 29 heavy (non-hydrogen) atoms. The molecule has 0 spiro atoms. The Hall–Kier alpha value is -2.44. The minimum atomic E-state index is -0.719. The number of benzene rings is 2. The molecule has 1 heterocycles. The van der Waals surface area contributed by atoms with Crippen LogP contribution in [-0.2, 0) is 11.2 Å². The molecule has 1 aliphatic rings. The molecule has 1 aliphatic carbocycles. The zero-order valence-corrected chi connectivity index (χ0v) is 17.2. The Morgan fingerprint density at radius 1 is 1.17 bits per heavy atom. The molecular weight excluding hydrogens is 384 g/mol. The molecule has 4 rings (SSSR count). The minimum Gasteiger partial charge on any atom is -0.481 e. The Labute approximate surface area is 174 Å². The quantitative estimate of drug-likeness (QED) is 0.422. The standard InChI is InChI=1S/C23H26N2O3S/c26-21(27)6-3-15-24-16-23(13-14-23)12-11-17-7-9-18(10-8-17)28-22-25-19-4-1-2-5-20(19)29-22/h1-2,4-5,7-10,24H,3,6,11-16H2,(H,26,27). The SMILES string of the molecule is O=C(O)CCCNCC1(CCc2ccc(Oc3nc4ccccc4s3)cc2)CC1. The molecule has 3 aromatic rings. The van der Waals surface area contributed by atoms with E-state index in [0.717, 1.165) is 41.9 Å². The maximum absolute atomic E-state index is 10.6. The van der Waals surface area contributed by atoms with Crippen molar-refractivity contribution in [2.45, 2.75) is 38.5 Å². The van der Waals surface area contributed by atoms with Gasteiger partial charge in [-0.15, -0.1) is 0 Å². The minimum absolute atomic E-state index is 0.242. The lowest BCUT2D eigenvalue weighted by Gasteiger charge is -2.16. The third kappa shape index (κ3) is 5.55. The van der Waals surface area contributed by atoms with Crippen molar-refractivity contribution in [2.24, 2.45) is 5.41 Å². The first kappa shape index (κ1) is 19.9. The highest BCUT2D eigenvalue weighted by Gasteiger charge is 2.41. The molecule has 1 saturated carbocycles. The predicted octanol–water partition coefficient (Wildman–Crippen LogP) is 5.26. The number of nitrogens with zero attached hydrogens (tertiary/aromatic N) is 1. The Morgan fingerprint density at radius 2 is 1.97 bits per heavy atom. The van der Waals surface area contributed by atoms with Crippen LogP contribution >= 0.6 is 11.3 Å². The summed E-state index contributed by atoms with van der Waals surface area (Å²) in [5, 5.41) is 12.8. The second-order valence-electron chi connectivity index (χ2n) is 7.87. The Kier molecular flexibility index (Phi) is 6.11. The van der Waals surface area contributed by atoms with E-state index < -0.39 is 5.97 Å². The normalized spacial score (nSPS) is 14.8. The summed E-state index contributed by atoms with van der Waals surface area (Å²) in [6.45, 7) is 1.78. The third-order valence-electron chi connectivity index (χ3n) is 5.55. The topological polar surface area (TPSA) is 71.5 Å². The molecule has 0 atom stereocenters. The van der Waals surface area contributed by atoms with Gasteiger partial charge < -0.3 is 15.2 Å². The van der Waals surface area contributed by atoms with E-state index in [9.17, 15) is 4.79 Å². The second-order valence-corrected chi connectivity index (χ2v) is 8.86. The number of carbonyl (C=O) groups is 1. The molecule has 5 nitrogen and oxygen atoms in total. The number of nitrogens with one attached hydrogen (secondary N) is 1. The largest absolute Gasteiger partial charge is 0.481 e. The average Bonchev–Trinajstić information content (AvgIpc) is 3.37. The van der Waals surface area contributed by atoms with Crippen molar-refractivity contribution in [1.29, 1.82) is 0 Å². The van der Waals surface area contributed by atoms with Crippen LogP contribution in [0.5, 0.6) is 10.9 Å². The van der Waals surface area contributed by atoms with E-state index in [1.165, 1.54) is 18.4 Å². The van der Waals surface area contributed by atoms with E-state index in [-0.39, 0.29) is 6.42 Å². The van der Waals surface area contributed by atoms with Gasteiger partial charge in [-0.2, -0.15) is 0 Å². The highest BCUT2D eigenvalue weighted by atomic mass is 32.1. The van der Waals surface area contributed by atoms with Gasteiger partial charge in [-0.1, -0.05) is 35.6 Å². The number of carboxylic acids is 1. The van der Waals surface area contributed by atoms with E-state index in [1.54, 1.807) is 11.3 Å². The number of carboxylic acid groups (broad SMARTS) is 1. The summed E-state index contributed by atoms with van der Waals surface area (Å²) in [5.41, 5.74) is 2.69. The number of thiazole rings is 1. The number of ether oxygens (including phenoxy) is 1. The summed E-state index contributed by atoms with van der Waals surface area (Å²) in [6, 6.07) is 16.4. The van der Waals surface area contributed by atoms with E-state index in [2.05, 4.69) is 28.5 Å². The molecular formula is C23H26N2O3S. The molecule has 0 aliphatic heterocycles. The van der Waals surface area contributed by atoms with Crippen LogP contribution in [0, 0.1) is 5.41 Å². The molecule has 2 aromatic carbocycles. The maximum atomic E-state index is 10.6. The highest BCUT2D eigenvalue weighted by Crippen LogP contribution is 2.49. The Balaban J connectivity index is 1.23. The van der Waals surface area contributed by atoms with E-state index in [4.69, 9.17) is 9.84 Å². The van der Waals surface area contributed by atoms with E-state index >= 15 is 0 Å². The van der Waals surface area contributed by atoms with Gasteiger partial charge in [0.05, 0.1) is 10.2 Å². The van der Waals surface area contributed by atoms with Crippen LogP contribution in [0.2, 0.25) is 0 Å². The van der Waals surface area contributed by atoms with Gasteiger partial charge in [0.15, 0.2) is 0 Å². The van der Waals surface area contributed by atoms with Crippen molar-refractivity contribution in [3.05, 3.63) is 54.1 Å². The van der Waals surface area contributed by atoms with Crippen molar-refractivity contribution in [3.63, 3.8) is 0 Å². The first-order valence-corrected chi connectivity index (χ1v) is 11.0. The van der Waals surface area contributed by atoms with Crippen molar-refractivity contribution in [2.75, 3.05) is 13.1 Å². The van der Waals surface area contributed by atoms with Crippen LogP contribution in [0.25, 0.3) is 10.2 Å². The molecule has 0 radical (unpaired) electrons. The average molecular weight is 411 g/mol. The van der Waals surface area contributed by atoms with Crippen LogP contribution in [0.1, 0.15) is 37.7 Å². The molecule has 6 heteroatoms. The van der Waals surface area contributed by atoms with Crippen molar-refractivity contribution < 1.29 is 14.6 Å². The summed E-state index contributed by atoms with van der Waals surface area (Å²) < 4.78 is 7.05. The second kappa shape index (κ2) is 8.93. The summed E-state index contributed by atoms with van der Waals surface area (Å²) in [5.74, 6) is 0.0949. The van der Waals surface area contributed by atoms with Gasteiger partial charge in [0.1, 0.15) is 5.75 Å². The first-order valence-electron chi connectivity index (χ1n) is 10.2. The van der Waals surface area contributed by atoms with E-state index in [0.29, 0.717) is 17.0 Å². The summed E-state index contributed by atoms with van der Waals surface area (Å²) in [4.78, 5) is 15.1. The van der Waals surface area contributed by atoms with Crippen LogP contribution in [0.4, 0.5) is 0 Å². The van der Waals surface area contributed by atoms with E-state index in [1.807, 2.05) is 30.3 Å². The lowest BCUT2D eigenvalue weighted by Crippen LogP contribution is -2.25. The number of hydrogen-bond donors (Lipinski definition) is 2. The Bertz CT molecular complexity index is 931. The summed E-state index contributed by atoms with van der Waals surface area (Å²) in [7, 11) is 0. The van der Waals surface area contributed by atoms with Crippen LogP contribution in [-0.4, -0.2) is 29.1 Å². The fourth-order valence-corrected chi connectivity index (χ4v) is 4.37. The lowest BCUT2D eigenvalue weighted by atomic mass is 9.96. The van der Waals surface area contributed by atoms with Gasteiger partial charge >= 0.3 is 5.97 Å². The Morgan fingerprint density at radius 3 is 2.69 bits per heavy atom. The van der Waals surface area contributed by atoms with Gasteiger partial charge in [-0.3, -0.25) is 4.79 Å². The van der Waals surface area contributed by atoms with Gasteiger partial charge in [0.25, 0.3) is 5.19 Å². The molecule has 1 fully saturated rings. The number of aryl methyl sites for hydroxylation is 1. The fourth-order valence-electron chi connectivity index (χ4n) is 3.54. The fraction of sp³-hybridized carbons (Fsp3) is 0.391. The zero-order valence-electron chi connectivity index (χ0n) is 16.4. The highest BCUT2D eigenvalue weighted by molar-refractivity contribution is 7.20. The van der Waals surface area contributed by atoms with Crippen molar-refractivity contribution >= 4 is 27.5 Å². The molecule has 0 bridgehead atoms. The van der Waals surface area contributed by atoms with Crippen LogP contribution in [0.3, 0.4) is 0 Å². The van der Waals surface area contributed by atoms with Crippen LogP contribution in [0.15, 0.2) is 48.5 Å². The molecule has 152 valence electrons. The summed E-state index contributed by atoms with van der Waals surface area (Å²) in [6.07, 6.45) is 5.68. The maximum Gasteiger partial charge on any atom is 0.303 e. The lowest BCUT2D eigenvalue weighted by molar-refractivity contribution is -0.137. The number of hydrogen-bond acceptors (Lipinski definition) is 5. The molecule has 0 unspecified atom stereocenters. The smallest absolute Gasteiger partial charge is 0.303 e. The molecule has 1 aromatic heterocycles. The third-order valence-corrected chi connectivity index (χ3v) is 6.46. The molecule has 0 amide bonds. The number of rotatable bonds is 11. The van der Waals surface area contributed by atoms with Gasteiger partial charge in [0.2, 0.25) is 0 Å². The van der Waals surface area contributed by atoms with Crippen LogP contribution < -0.4 is 10.1 Å². The van der Waals surface area contributed by atoms with Crippen molar-refractivity contribution in [1.82, 2.24) is 10.3 Å². The van der Waals surface area contributed by atoms with Crippen molar-refractivity contribution in [3.8, 4) is 10.9 Å². The number of aromatic nitrogens is 1. The predicted molar refractivity (Wildman–Crippen MR) is 116 cm³/mol. The zero-order chi connectivity index (χ0) is 20.1. The molecule has 2 N–H and O–H groups in total. The van der Waals surface area contributed by atoms with Gasteiger partial charge in [-0.25, -0.2) is 4.98 Å². The number of para-hydroxylation sites is 1. The molecule has 0 saturated heterocycles. The number of fused-ring (bicyclic) bond motifs is 1.